The van der Waals surface area contributed by atoms with E-state index in [0.717, 1.165) is 5.56 Å². The minimum atomic E-state index is -0.162. The first-order chi connectivity index (χ1) is 8.24. The van der Waals surface area contributed by atoms with E-state index in [1.165, 1.54) is 0 Å². The number of nitrogens with two attached hydrogens (primary N) is 1. The molecule has 1 aromatic carbocycles. The van der Waals surface area contributed by atoms with Crippen molar-refractivity contribution in [2.45, 2.75) is 12.8 Å². The van der Waals surface area contributed by atoms with E-state index in [2.05, 4.69) is 0 Å². The van der Waals surface area contributed by atoms with Crippen molar-refractivity contribution in [1.29, 1.82) is 0 Å². The Hall–Kier alpha value is -1.75. The second kappa shape index (κ2) is 3.63. The fourth-order valence-corrected chi connectivity index (χ4v) is 2.48. The molecule has 0 unspecified atom stereocenters. The number of carbonyl (C=O) groups is 1. The van der Waals surface area contributed by atoms with Crippen molar-refractivity contribution < 1.29 is 19.4 Å². The van der Waals surface area contributed by atoms with Gasteiger partial charge in [0, 0.05) is 24.0 Å². The quantitative estimate of drug-likeness (QED) is 0.725. The van der Waals surface area contributed by atoms with E-state index >= 15 is 0 Å². The Morgan fingerprint density at radius 1 is 1.18 bits per heavy atom. The van der Waals surface area contributed by atoms with E-state index in [9.17, 15) is 9.90 Å². The monoisotopic (exact) mass is 235 g/mol. The number of phenolic OH excluding ortho intramolecular Hbond substituents is 1. The van der Waals surface area contributed by atoms with E-state index in [-0.39, 0.29) is 18.1 Å². The van der Waals surface area contributed by atoms with Crippen LogP contribution in [-0.4, -0.2) is 30.6 Å². The number of fused-ring (bicyclic) bond motifs is 2. The van der Waals surface area contributed by atoms with Gasteiger partial charge in [0.05, 0.1) is 25.3 Å². The standard InChI is InChI=1S/C12H13NO4/c13-5-8(14)9-6-1-3-17-12(6)10(15)7-2-4-16-11(7)9/h15H,1-5,13H2. The maximum Gasteiger partial charge on any atom is 0.180 e. The molecule has 5 heteroatoms. The van der Waals surface area contributed by atoms with E-state index in [1.807, 2.05) is 0 Å². The first-order valence-corrected chi connectivity index (χ1v) is 5.63. The Labute approximate surface area is 98.1 Å². The second-order valence-electron chi connectivity index (χ2n) is 4.16. The van der Waals surface area contributed by atoms with Crippen molar-refractivity contribution in [2.24, 2.45) is 5.73 Å². The summed E-state index contributed by atoms with van der Waals surface area (Å²) in [5.74, 6) is 0.900. The topological polar surface area (TPSA) is 81.8 Å². The lowest BCUT2D eigenvalue weighted by molar-refractivity contribution is 0.0997. The molecule has 0 aromatic heterocycles. The van der Waals surface area contributed by atoms with Crippen molar-refractivity contribution in [3.05, 3.63) is 16.7 Å². The highest BCUT2D eigenvalue weighted by Gasteiger charge is 2.33. The fourth-order valence-electron chi connectivity index (χ4n) is 2.48. The van der Waals surface area contributed by atoms with Crippen LogP contribution in [0.4, 0.5) is 0 Å². The Kier molecular flexibility index (Phi) is 2.22. The third kappa shape index (κ3) is 1.32. The summed E-state index contributed by atoms with van der Waals surface area (Å²) >= 11 is 0. The van der Waals surface area contributed by atoms with E-state index in [0.29, 0.717) is 48.7 Å². The summed E-state index contributed by atoms with van der Waals surface area (Å²) < 4.78 is 10.9. The summed E-state index contributed by atoms with van der Waals surface area (Å²) in [4.78, 5) is 11.9. The zero-order chi connectivity index (χ0) is 12.0. The predicted octanol–water partition coefficient (Wildman–Crippen LogP) is 0.403. The van der Waals surface area contributed by atoms with Gasteiger partial charge in [0.2, 0.25) is 0 Å². The average Bonchev–Trinajstić information content (AvgIpc) is 2.96. The lowest BCUT2D eigenvalue weighted by Crippen LogP contribution is -2.16. The highest BCUT2D eigenvalue weighted by Crippen LogP contribution is 2.48. The molecule has 0 spiro atoms. The van der Waals surface area contributed by atoms with Crippen LogP contribution in [0.2, 0.25) is 0 Å². The first kappa shape index (κ1) is 10.4. The molecule has 2 heterocycles. The Morgan fingerprint density at radius 3 is 2.53 bits per heavy atom. The number of ketones is 1. The molecule has 0 amide bonds. The molecule has 0 saturated carbocycles. The van der Waals surface area contributed by atoms with Crippen molar-refractivity contribution in [2.75, 3.05) is 19.8 Å². The molecule has 1 aromatic rings. The predicted molar refractivity (Wildman–Crippen MR) is 59.9 cm³/mol. The third-order valence-corrected chi connectivity index (χ3v) is 3.24. The van der Waals surface area contributed by atoms with Crippen LogP contribution in [0.25, 0.3) is 0 Å². The van der Waals surface area contributed by atoms with Crippen LogP contribution >= 0.6 is 0 Å². The zero-order valence-corrected chi connectivity index (χ0v) is 9.28. The van der Waals surface area contributed by atoms with Crippen LogP contribution in [0.1, 0.15) is 21.5 Å². The van der Waals surface area contributed by atoms with Gasteiger partial charge in [-0.15, -0.1) is 0 Å². The highest BCUT2D eigenvalue weighted by atomic mass is 16.5. The van der Waals surface area contributed by atoms with Crippen LogP contribution < -0.4 is 15.2 Å². The van der Waals surface area contributed by atoms with Crippen LogP contribution in [0, 0.1) is 0 Å². The second-order valence-corrected chi connectivity index (χ2v) is 4.16. The van der Waals surface area contributed by atoms with Crippen molar-refractivity contribution in [3.63, 3.8) is 0 Å². The molecule has 0 saturated heterocycles. The summed E-state index contributed by atoms with van der Waals surface area (Å²) in [5.41, 5.74) is 7.33. The molecule has 0 bridgehead atoms. The van der Waals surface area contributed by atoms with E-state index in [1.54, 1.807) is 0 Å². The van der Waals surface area contributed by atoms with Gasteiger partial charge < -0.3 is 20.3 Å². The minimum Gasteiger partial charge on any atom is -0.504 e. The summed E-state index contributed by atoms with van der Waals surface area (Å²) in [5, 5.41) is 10.1. The number of carbonyl (C=O) groups excluding carboxylic acids is 1. The van der Waals surface area contributed by atoms with Crippen molar-refractivity contribution >= 4 is 5.78 Å². The van der Waals surface area contributed by atoms with Gasteiger partial charge in [0.15, 0.2) is 17.3 Å². The van der Waals surface area contributed by atoms with Crippen LogP contribution in [0.15, 0.2) is 0 Å². The van der Waals surface area contributed by atoms with E-state index < -0.39 is 0 Å². The molecule has 5 nitrogen and oxygen atoms in total. The van der Waals surface area contributed by atoms with Crippen LogP contribution in [0.5, 0.6) is 17.2 Å². The lowest BCUT2D eigenvalue weighted by atomic mass is 9.95. The summed E-state index contributed by atoms with van der Waals surface area (Å²) in [7, 11) is 0. The number of rotatable bonds is 2. The largest absolute Gasteiger partial charge is 0.504 e. The van der Waals surface area contributed by atoms with Crippen molar-refractivity contribution in [1.82, 2.24) is 0 Å². The van der Waals surface area contributed by atoms with Gasteiger partial charge in [-0.1, -0.05) is 0 Å². The highest BCUT2D eigenvalue weighted by molar-refractivity contribution is 6.03. The Bertz CT molecular complexity index is 475. The molecule has 3 rings (SSSR count). The Morgan fingerprint density at radius 2 is 1.82 bits per heavy atom. The van der Waals surface area contributed by atoms with Gasteiger partial charge in [0.1, 0.15) is 5.75 Å². The van der Waals surface area contributed by atoms with Crippen LogP contribution in [0.3, 0.4) is 0 Å². The zero-order valence-electron chi connectivity index (χ0n) is 9.28. The molecule has 0 radical (unpaired) electrons. The minimum absolute atomic E-state index is 0.0625. The number of benzene rings is 1. The van der Waals surface area contributed by atoms with Crippen molar-refractivity contribution in [3.8, 4) is 17.2 Å². The number of Topliss-reactive ketones (excluding diaryl/α,β-unsaturated/α-hetero) is 1. The average molecular weight is 235 g/mol. The molecule has 2 aliphatic rings. The summed E-state index contributed by atoms with van der Waals surface area (Å²) in [6.07, 6.45) is 1.21. The van der Waals surface area contributed by atoms with Gasteiger partial charge >= 0.3 is 0 Å². The van der Waals surface area contributed by atoms with Gasteiger partial charge in [-0.25, -0.2) is 0 Å². The summed E-state index contributed by atoms with van der Waals surface area (Å²) in [6.45, 7) is 0.903. The third-order valence-electron chi connectivity index (χ3n) is 3.24. The molecule has 17 heavy (non-hydrogen) atoms. The summed E-state index contributed by atoms with van der Waals surface area (Å²) in [6, 6.07) is 0. The molecule has 3 N–H and O–H groups in total. The normalized spacial score (nSPS) is 16.1. The van der Waals surface area contributed by atoms with Crippen LogP contribution in [-0.2, 0) is 12.8 Å². The molecule has 0 fully saturated rings. The molecule has 0 atom stereocenters. The maximum absolute atomic E-state index is 11.9. The van der Waals surface area contributed by atoms with Gasteiger partial charge in [-0.05, 0) is 0 Å². The smallest absolute Gasteiger partial charge is 0.180 e. The molecule has 90 valence electrons. The number of hydrogen-bond donors (Lipinski definition) is 2. The molecule has 2 aliphatic heterocycles. The first-order valence-electron chi connectivity index (χ1n) is 5.63. The molecule has 0 aliphatic carbocycles. The lowest BCUT2D eigenvalue weighted by Gasteiger charge is -2.13. The van der Waals surface area contributed by atoms with Gasteiger partial charge in [0.25, 0.3) is 0 Å². The Balaban J connectivity index is 2.30. The number of aromatic hydroxyl groups is 1. The maximum atomic E-state index is 11.9. The molecular formula is C12H13NO4. The molecular weight excluding hydrogens is 222 g/mol. The number of hydrogen-bond acceptors (Lipinski definition) is 5. The number of ether oxygens (including phenoxy) is 2. The van der Waals surface area contributed by atoms with Gasteiger partial charge in [-0.3, -0.25) is 4.79 Å². The SMILES string of the molecule is NCC(=O)c1c2c(c(O)c3c1OCC3)OCC2. The number of phenols is 1. The van der Waals surface area contributed by atoms with Gasteiger partial charge in [-0.2, -0.15) is 0 Å². The fraction of sp³-hybridized carbons (Fsp3) is 0.417. The van der Waals surface area contributed by atoms with E-state index in [4.69, 9.17) is 15.2 Å².